The number of phenolic OH excluding ortho intramolecular Hbond substituents is 1. The van der Waals surface area contributed by atoms with E-state index in [1.165, 1.54) is 19.2 Å². The molecule has 0 atom stereocenters. The molecule has 1 aromatic carbocycles. The van der Waals surface area contributed by atoms with Crippen LogP contribution in [0.25, 0.3) is 0 Å². The zero-order chi connectivity index (χ0) is 10.0. The third kappa shape index (κ3) is 2.40. The topological polar surface area (TPSA) is 43.7 Å². The number of benzene rings is 1. The van der Waals surface area contributed by atoms with Crippen molar-refractivity contribution in [3.8, 4) is 5.75 Å². The lowest BCUT2D eigenvalue weighted by Gasteiger charge is -2.10. The summed E-state index contributed by atoms with van der Waals surface area (Å²) < 4.78 is 13.1. The van der Waals surface area contributed by atoms with Gasteiger partial charge in [0.1, 0.15) is 11.6 Å². The second-order valence-corrected chi connectivity index (χ2v) is 3.05. The maximum atomic E-state index is 13.1. The number of halogens is 1. The van der Waals surface area contributed by atoms with Gasteiger partial charge in [0, 0.05) is 12.6 Å². The first-order chi connectivity index (χ1) is 6.00. The molecule has 1 aromatic rings. The van der Waals surface area contributed by atoms with E-state index >= 15 is 0 Å². The van der Waals surface area contributed by atoms with Crippen LogP contribution in [-0.2, 0) is 6.54 Å². The van der Waals surface area contributed by atoms with Crippen LogP contribution in [0.1, 0.15) is 11.1 Å². The van der Waals surface area contributed by atoms with Crippen molar-refractivity contribution in [1.29, 1.82) is 0 Å². The van der Waals surface area contributed by atoms with Crippen molar-refractivity contribution >= 4 is 0 Å². The maximum absolute atomic E-state index is 13.1. The molecule has 0 aromatic heterocycles. The quantitative estimate of drug-likeness (QED) is 0.689. The summed E-state index contributed by atoms with van der Waals surface area (Å²) in [5.74, 6) is -0.380. The van der Waals surface area contributed by atoms with Gasteiger partial charge in [-0.2, -0.15) is 5.06 Å². The van der Waals surface area contributed by atoms with Crippen LogP contribution in [0.4, 0.5) is 4.39 Å². The van der Waals surface area contributed by atoms with Crippen molar-refractivity contribution in [2.75, 3.05) is 7.05 Å². The van der Waals surface area contributed by atoms with Gasteiger partial charge in [-0.1, -0.05) is 0 Å². The van der Waals surface area contributed by atoms with Crippen molar-refractivity contribution in [1.82, 2.24) is 5.06 Å². The van der Waals surface area contributed by atoms with Gasteiger partial charge in [-0.25, -0.2) is 4.39 Å². The summed E-state index contributed by atoms with van der Waals surface area (Å²) >= 11 is 0. The van der Waals surface area contributed by atoms with Crippen LogP contribution < -0.4 is 0 Å². The first-order valence-electron chi connectivity index (χ1n) is 3.88. The van der Waals surface area contributed by atoms with Gasteiger partial charge in [0.15, 0.2) is 0 Å². The molecule has 0 aliphatic rings. The van der Waals surface area contributed by atoms with E-state index in [0.717, 1.165) is 5.06 Å². The Morgan fingerprint density at radius 3 is 2.62 bits per heavy atom. The molecule has 0 heterocycles. The van der Waals surface area contributed by atoms with Crippen molar-refractivity contribution in [3.05, 3.63) is 29.1 Å². The second kappa shape index (κ2) is 3.72. The van der Waals surface area contributed by atoms with Gasteiger partial charge in [-0.3, -0.25) is 0 Å². The van der Waals surface area contributed by atoms with E-state index in [-0.39, 0.29) is 17.9 Å². The smallest absolute Gasteiger partial charge is 0.128 e. The molecule has 0 spiro atoms. The van der Waals surface area contributed by atoms with E-state index < -0.39 is 5.82 Å². The zero-order valence-electron chi connectivity index (χ0n) is 7.58. The summed E-state index contributed by atoms with van der Waals surface area (Å²) in [4.78, 5) is 0. The van der Waals surface area contributed by atoms with Crippen molar-refractivity contribution in [2.24, 2.45) is 0 Å². The van der Waals surface area contributed by atoms with Crippen molar-refractivity contribution < 1.29 is 14.7 Å². The molecule has 0 radical (unpaired) electrons. The molecule has 0 fully saturated rings. The minimum Gasteiger partial charge on any atom is -0.508 e. The Bertz CT molecular complexity index is 313. The van der Waals surface area contributed by atoms with Crippen LogP contribution in [0, 0.1) is 12.7 Å². The van der Waals surface area contributed by atoms with Gasteiger partial charge in [0.05, 0.1) is 6.54 Å². The summed E-state index contributed by atoms with van der Waals surface area (Å²) in [7, 11) is 1.41. The molecule has 0 saturated heterocycles. The highest BCUT2D eigenvalue weighted by Crippen LogP contribution is 2.21. The van der Waals surface area contributed by atoms with E-state index in [1.54, 1.807) is 6.92 Å². The standard InChI is InChI=1S/C9H12FNO2/c1-6-3-8(10)7(4-9(6)12)5-11(2)13/h3-4,12-13H,5H2,1-2H3. The van der Waals surface area contributed by atoms with E-state index in [1.807, 2.05) is 0 Å². The van der Waals surface area contributed by atoms with E-state index in [2.05, 4.69) is 0 Å². The molecule has 0 amide bonds. The largest absolute Gasteiger partial charge is 0.508 e. The van der Waals surface area contributed by atoms with Gasteiger partial charge in [-0.05, 0) is 24.6 Å². The summed E-state index contributed by atoms with van der Waals surface area (Å²) in [6, 6.07) is 2.56. The van der Waals surface area contributed by atoms with Crippen LogP contribution in [0.5, 0.6) is 5.75 Å². The van der Waals surface area contributed by atoms with Crippen LogP contribution in [0.2, 0.25) is 0 Å². The molecule has 0 saturated carbocycles. The van der Waals surface area contributed by atoms with Gasteiger partial charge >= 0.3 is 0 Å². The molecule has 4 heteroatoms. The summed E-state index contributed by atoms with van der Waals surface area (Å²) in [5, 5.41) is 19.0. The normalized spacial score (nSPS) is 10.8. The highest BCUT2D eigenvalue weighted by molar-refractivity contribution is 5.36. The Labute approximate surface area is 76.0 Å². The molecule has 0 aliphatic carbocycles. The molecule has 0 unspecified atom stereocenters. The first-order valence-corrected chi connectivity index (χ1v) is 3.88. The summed E-state index contributed by atoms with van der Waals surface area (Å²) in [6.07, 6.45) is 0. The average molecular weight is 185 g/mol. The number of rotatable bonds is 2. The minimum atomic E-state index is -0.420. The Morgan fingerprint density at radius 1 is 1.46 bits per heavy atom. The number of hydrogen-bond acceptors (Lipinski definition) is 3. The van der Waals surface area contributed by atoms with Gasteiger partial charge < -0.3 is 10.3 Å². The predicted octanol–water partition coefficient (Wildman–Crippen LogP) is 1.66. The Hall–Kier alpha value is -1.13. The number of aromatic hydroxyl groups is 1. The fourth-order valence-electron chi connectivity index (χ4n) is 1.07. The maximum Gasteiger partial charge on any atom is 0.128 e. The van der Waals surface area contributed by atoms with E-state index in [0.29, 0.717) is 5.56 Å². The summed E-state index contributed by atoms with van der Waals surface area (Å²) in [6.45, 7) is 1.67. The average Bonchev–Trinajstić information content (AvgIpc) is 1.99. The van der Waals surface area contributed by atoms with Crippen LogP contribution >= 0.6 is 0 Å². The van der Waals surface area contributed by atoms with E-state index in [4.69, 9.17) is 5.21 Å². The molecule has 0 bridgehead atoms. The lowest BCUT2D eigenvalue weighted by molar-refractivity contribution is -0.0738. The van der Waals surface area contributed by atoms with Gasteiger partial charge in [0.25, 0.3) is 0 Å². The molecule has 13 heavy (non-hydrogen) atoms. The highest BCUT2D eigenvalue weighted by atomic mass is 19.1. The molecule has 72 valence electrons. The fraction of sp³-hybridized carbons (Fsp3) is 0.333. The molecule has 1 rings (SSSR count). The number of hydroxylamine groups is 2. The molecule has 3 nitrogen and oxygen atoms in total. The van der Waals surface area contributed by atoms with E-state index in [9.17, 15) is 9.50 Å². The fourth-order valence-corrected chi connectivity index (χ4v) is 1.07. The third-order valence-corrected chi connectivity index (χ3v) is 1.76. The first kappa shape index (κ1) is 9.95. The highest BCUT2D eigenvalue weighted by Gasteiger charge is 2.07. The predicted molar refractivity (Wildman–Crippen MR) is 46.1 cm³/mol. The zero-order valence-corrected chi connectivity index (χ0v) is 7.58. The van der Waals surface area contributed by atoms with Crippen LogP contribution in [0.3, 0.4) is 0 Å². The number of phenols is 1. The van der Waals surface area contributed by atoms with Crippen LogP contribution in [0.15, 0.2) is 12.1 Å². The molecular weight excluding hydrogens is 173 g/mol. The lowest BCUT2D eigenvalue weighted by Crippen LogP contribution is -2.12. The number of aryl methyl sites for hydroxylation is 1. The Kier molecular flexibility index (Phi) is 2.85. The molecule has 0 aliphatic heterocycles. The Balaban J connectivity index is 3.01. The lowest BCUT2D eigenvalue weighted by atomic mass is 10.1. The minimum absolute atomic E-state index is 0.0400. The molecule has 2 N–H and O–H groups in total. The van der Waals surface area contributed by atoms with Gasteiger partial charge in [0.2, 0.25) is 0 Å². The SMILES string of the molecule is Cc1cc(F)c(CN(C)O)cc1O. The van der Waals surface area contributed by atoms with Crippen LogP contribution in [-0.4, -0.2) is 22.4 Å². The molecular formula is C9H12FNO2. The van der Waals surface area contributed by atoms with Crippen molar-refractivity contribution in [2.45, 2.75) is 13.5 Å². The number of hydrogen-bond donors (Lipinski definition) is 2. The monoisotopic (exact) mass is 185 g/mol. The number of nitrogens with zero attached hydrogens (tertiary/aromatic N) is 1. The van der Waals surface area contributed by atoms with Crippen molar-refractivity contribution in [3.63, 3.8) is 0 Å². The third-order valence-electron chi connectivity index (χ3n) is 1.76. The Morgan fingerprint density at radius 2 is 2.08 bits per heavy atom. The second-order valence-electron chi connectivity index (χ2n) is 3.05. The van der Waals surface area contributed by atoms with Gasteiger partial charge in [-0.15, -0.1) is 0 Å². The summed E-state index contributed by atoms with van der Waals surface area (Å²) in [5.41, 5.74) is 0.759.